The first-order valence-electron chi connectivity index (χ1n) is 18.8. The van der Waals surface area contributed by atoms with Crippen molar-refractivity contribution in [2.75, 3.05) is 0 Å². The molecule has 0 spiro atoms. The van der Waals surface area contributed by atoms with Crippen LogP contribution in [0.3, 0.4) is 0 Å². The Labute approximate surface area is 313 Å². The summed E-state index contributed by atoms with van der Waals surface area (Å²) >= 11 is 3.48. The third-order valence-corrected chi connectivity index (χ3v) is 13.1. The molecule has 0 bridgehead atoms. The minimum Gasteiger partial charge on any atom is -0.479 e. The van der Waals surface area contributed by atoms with Gasteiger partial charge < -0.3 is 23.1 Å². The monoisotopic (exact) mass is 790 g/mol. The third-order valence-electron chi connectivity index (χ3n) is 10.8. The van der Waals surface area contributed by atoms with Crippen LogP contribution < -0.4 is 4.74 Å². The maximum absolute atomic E-state index is 14.0. The Morgan fingerprint density at radius 1 is 1.02 bits per heavy atom. The molecular formula is C40H63BrO7Si2. The zero-order chi connectivity index (χ0) is 37.2. The molecular weight excluding hydrogens is 729 g/mol. The van der Waals surface area contributed by atoms with Crippen LogP contribution in [0.15, 0.2) is 52.5 Å². The Balaban J connectivity index is 1.68. The van der Waals surface area contributed by atoms with Crippen LogP contribution in [0, 0.1) is 34.5 Å². The van der Waals surface area contributed by atoms with E-state index in [1.807, 2.05) is 31.2 Å². The molecule has 1 fully saturated rings. The van der Waals surface area contributed by atoms with Gasteiger partial charge in [-0.05, 0) is 105 Å². The molecule has 0 saturated carbocycles. The normalized spacial score (nSPS) is 30.8. The van der Waals surface area contributed by atoms with Crippen LogP contribution in [0.25, 0.3) is 0 Å². The van der Waals surface area contributed by atoms with Crippen LogP contribution in [0.4, 0.5) is 0 Å². The summed E-state index contributed by atoms with van der Waals surface area (Å²) in [5, 5.41) is 0. The molecule has 4 rings (SSSR count). The van der Waals surface area contributed by atoms with Crippen molar-refractivity contribution in [3.8, 4) is 5.75 Å². The van der Waals surface area contributed by atoms with Gasteiger partial charge in [0.2, 0.25) is 0 Å². The van der Waals surface area contributed by atoms with Gasteiger partial charge >= 0.3 is 11.9 Å². The fourth-order valence-electron chi connectivity index (χ4n) is 8.11. The highest BCUT2D eigenvalue weighted by Crippen LogP contribution is 2.53. The highest BCUT2D eigenvalue weighted by Gasteiger charge is 2.55. The lowest BCUT2D eigenvalue weighted by atomic mass is 9.59. The summed E-state index contributed by atoms with van der Waals surface area (Å²) in [4.78, 5) is 27.5. The highest BCUT2D eigenvalue weighted by atomic mass is 79.9. The average molecular weight is 792 g/mol. The van der Waals surface area contributed by atoms with E-state index < -0.39 is 42.0 Å². The molecule has 50 heavy (non-hydrogen) atoms. The molecule has 2 unspecified atom stereocenters. The third kappa shape index (κ3) is 9.82. The lowest BCUT2D eigenvalue weighted by molar-refractivity contribution is -0.180. The number of hydrogen-bond donors (Lipinski definition) is 0. The minimum absolute atomic E-state index is 0.0242. The molecule has 1 heterocycles. The van der Waals surface area contributed by atoms with E-state index in [4.69, 9.17) is 23.1 Å². The first kappa shape index (κ1) is 41.0. The van der Waals surface area contributed by atoms with Crippen molar-refractivity contribution < 1.29 is 32.7 Å². The number of carbonyl (C=O) groups is 2. The summed E-state index contributed by atoms with van der Waals surface area (Å²) in [6.45, 7) is 26.2. The Morgan fingerprint density at radius 3 is 2.24 bits per heavy atom. The Kier molecular flexibility index (Phi) is 13.6. The predicted octanol–water partition coefficient (Wildman–Crippen LogP) is 9.20. The van der Waals surface area contributed by atoms with Crippen LogP contribution in [-0.2, 0) is 27.9 Å². The molecule has 2 aliphatic carbocycles. The van der Waals surface area contributed by atoms with Crippen LogP contribution >= 0.6 is 15.9 Å². The Hall–Kier alpha value is -1.73. The van der Waals surface area contributed by atoms with E-state index in [0.29, 0.717) is 31.4 Å². The quantitative estimate of drug-likeness (QED) is 0.154. The molecule has 10 heteroatoms. The molecule has 1 aliphatic heterocycles. The van der Waals surface area contributed by atoms with E-state index in [1.165, 1.54) is 5.57 Å². The number of benzene rings is 1. The van der Waals surface area contributed by atoms with Crippen LogP contribution in [0.5, 0.6) is 5.75 Å². The van der Waals surface area contributed by atoms with Gasteiger partial charge in [0.05, 0.1) is 5.60 Å². The number of hydrogen-bond acceptors (Lipinski definition) is 7. The van der Waals surface area contributed by atoms with Crippen LogP contribution in [0.2, 0.25) is 26.2 Å². The molecule has 0 aromatic heterocycles. The second kappa shape index (κ2) is 16.5. The van der Waals surface area contributed by atoms with Gasteiger partial charge in [-0.15, -0.1) is 0 Å². The molecule has 1 saturated heterocycles. The average Bonchev–Trinajstić information content (AvgIpc) is 3.00. The van der Waals surface area contributed by atoms with Crippen molar-refractivity contribution in [3.63, 3.8) is 0 Å². The summed E-state index contributed by atoms with van der Waals surface area (Å²) in [6, 6.07) is 7.53. The van der Waals surface area contributed by atoms with Gasteiger partial charge in [0.1, 0.15) is 24.1 Å². The van der Waals surface area contributed by atoms with E-state index in [1.54, 1.807) is 0 Å². The van der Waals surface area contributed by atoms with E-state index in [0.717, 1.165) is 10.9 Å². The van der Waals surface area contributed by atoms with Crippen molar-refractivity contribution in [1.82, 2.24) is 0 Å². The standard InChI is InChI=1S/C40H63BrO7Si2/c1-13-32(44-29-18-16-28(41)17-19-29)36(42)46-33-23-27(38(3,4)5)22-26-15-14-25(2)40(34(26)33,48-50(11)12)21-20-30-24-31(39(6,7)8)35(37(43)45-30)47-49(9)10/h14-19,22,25,27,30-35,49-50H,13,20-21,23-24H2,1-12H3/t25-,27+,30+,31-,32?,33-,34+,35?,40-/m0/s1. The SMILES string of the molecule is CCC(Oc1ccc(Br)cc1)C(=O)O[C@H]1C[C@H](C(C)(C)C)C=C2C=C[C@H](C)[C@](CC[C@@H]3C[C@H](C(C)(C)C)C(O[SiH](C)C)C(=O)O3)(O[SiH](C)C)[C@H]21. The summed E-state index contributed by atoms with van der Waals surface area (Å²) in [5.41, 5.74) is 0.418. The number of cyclic esters (lactones) is 1. The van der Waals surface area contributed by atoms with Gasteiger partial charge in [0.15, 0.2) is 24.2 Å². The first-order valence-corrected chi connectivity index (χ1v) is 25.2. The summed E-state index contributed by atoms with van der Waals surface area (Å²) < 4.78 is 33.5. The first-order chi connectivity index (χ1) is 23.2. The van der Waals surface area contributed by atoms with E-state index >= 15 is 0 Å². The maximum Gasteiger partial charge on any atom is 0.347 e. The fourth-order valence-corrected chi connectivity index (χ4v) is 10.6. The zero-order valence-electron chi connectivity index (χ0n) is 32.6. The zero-order valence-corrected chi connectivity index (χ0v) is 36.5. The molecule has 0 N–H and O–H groups in total. The van der Waals surface area contributed by atoms with Crippen molar-refractivity contribution in [3.05, 3.63) is 52.5 Å². The molecule has 7 nitrogen and oxygen atoms in total. The van der Waals surface area contributed by atoms with E-state index in [9.17, 15) is 9.59 Å². The van der Waals surface area contributed by atoms with Crippen molar-refractivity contribution in [1.29, 1.82) is 0 Å². The summed E-state index contributed by atoms with van der Waals surface area (Å²) in [5.74, 6) is 0.221. The fraction of sp³-hybridized carbons (Fsp3) is 0.700. The number of esters is 2. The van der Waals surface area contributed by atoms with Gasteiger partial charge in [-0.2, -0.15) is 0 Å². The molecule has 0 amide bonds. The Bertz CT molecular complexity index is 1380. The molecule has 3 aliphatic rings. The lowest BCUT2D eigenvalue weighted by Gasteiger charge is -2.54. The summed E-state index contributed by atoms with van der Waals surface area (Å²) in [7, 11) is -3.07. The van der Waals surface area contributed by atoms with Gasteiger partial charge in [-0.1, -0.05) is 89.5 Å². The molecule has 1 aromatic carbocycles. The molecule has 9 atom stereocenters. The minimum atomic E-state index is -1.61. The number of allylic oxidation sites excluding steroid dienone is 2. The topological polar surface area (TPSA) is 80.3 Å². The molecule has 0 radical (unpaired) electrons. The highest BCUT2D eigenvalue weighted by molar-refractivity contribution is 9.10. The number of rotatable bonds is 12. The van der Waals surface area contributed by atoms with E-state index in [-0.39, 0.29) is 52.5 Å². The van der Waals surface area contributed by atoms with Crippen LogP contribution in [0.1, 0.15) is 87.5 Å². The van der Waals surface area contributed by atoms with Crippen LogP contribution in [-0.4, -0.2) is 60.0 Å². The maximum atomic E-state index is 14.0. The van der Waals surface area contributed by atoms with E-state index in [2.05, 4.69) is 109 Å². The number of fused-ring (bicyclic) bond motifs is 1. The van der Waals surface area contributed by atoms with Gasteiger partial charge in [-0.25, -0.2) is 9.59 Å². The van der Waals surface area contributed by atoms with Gasteiger partial charge in [0, 0.05) is 22.2 Å². The Morgan fingerprint density at radius 2 is 1.68 bits per heavy atom. The van der Waals surface area contributed by atoms with Crippen molar-refractivity contribution in [2.45, 2.75) is 144 Å². The molecule has 280 valence electrons. The van der Waals surface area contributed by atoms with Gasteiger partial charge in [0.25, 0.3) is 0 Å². The lowest BCUT2D eigenvalue weighted by Crippen LogP contribution is -2.58. The number of halogens is 1. The summed E-state index contributed by atoms with van der Waals surface area (Å²) in [6.07, 6.45) is 8.32. The predicted molar refractivity (Wildman–Crippen MR) is 209 cm³/mol. The van der Waals surface area contributed by atoms with Crippen molar-refractivity contribution >= 4 is 45.9 Å². The second-order valence-electron chi connectivity index (χ2n) is 17.5. The number of ether oxygens (including phenoxy) is 3. The van der Waals surface area contributed by atoms with Crippen molar-refractivity contribution in [2.24, 2.45) is 34.5 Å². The second-order valence-corrected chi connectivity index (χ2v) is 23.1. The number of carbonyl (C=O) groups excluding carboxylic acids is 2. The largest absolute Gasteiger partial charge is 0.479 e. The smallest absolute Gasteiger partial charge is 0.347 e. The van der Waals surface area contributed by atoms with Gasteiger partial charge in [-0.3, -0.25) is 0 Å². The molecule has 1 aromatic rings.